The van der Waals surface area contributed by atoms with E-state index in [1.54, 1.807) is 0 Å². The van der Waals surface area contributed by atoms with E-state index in [-0.39, 0.29) is 23.4 Å². The molecule has 164 valence electrons. The van der Waals surface area contributed by atoms with Gasteiger partial charge in [-0.2, -0.15) is 13.2 Å². The molecule has 1 aliphatic carbocycles. The number of anilines is 1. The van der Waals surface area contributed by atoms with Crippen LogP contribution in [0.3, 0.4) is 0 Å². The zero-order chi connectivity index (χ0) is 22.8. The Hall–Kier alpha value is -3.11. The number of amides is 1. The van der Waals surface area contributed by atoms with E-state index in [9.17, 15) is 31.1 Å². The van der Waals surface area contributed by atoms with Crippen molar-refractivity contribution in [3.05, 3.63) is 58.9 Å². The highest BCUT2D eigenvalue weighted by Gasteiger charge is 2.66. The van der Waals surface area contributed by atoms with E-state index >= 15 is 0 Å². The first-order valence-electron chi connectivity index (χ1n) is 9.16. The minimum Gasteiger partial charge on any atom is -0.385 e. The summed E-state index contributed by atoms with van der Waals surface area (Å²) in [5.41, 5.74) is 0.599. The van der Waals surface area contributed by atoms with Gasteiger partial charge in [-0.25, -0.2) is 13.2 Å². The standard InChI is InChI=1S/C20H16F6N4O/c1-17(21)9-19(22,23)18(30-16(17)27)7-10-2-4-12(6-13(10)18)29-15(31)14-5-3-11(8-28-14)20(24,25)26/h2-6,8H,7,9H2,1H3,(H2,27,30)(H,29,31)/t17-,18-/m1/s1. The normalized spacial score (nSPS) is 26.6. The van der Waals surface area contributed by atoms with Crippen LogP contribution in [0.25, 0.3) is 0 Å². The number of hydrogen-bond acceptors (Lipinski definition) is 4. The van der Waals surface area contributed by atoms with Crippen molar-refractivity contribution < 1.29 is 31.1 Å². The molecule has 2 aliphatic rings. The first-order chi connectivity index (χ1) is 14.3. The molecule has 1 amide bonds. The molecule has 1 aromatic heterocycles. The summed E-state index contributed by atoms with van der Waals surface area (Å²) in [5, 5.41) is 2.41. The Kier molecular flexibility index (Phi) is 4.39. The number of nitrogens with one attached hydrogen (secondary N) is 1. The molecule has 1 aromatic carbocycles. The third-order valence-corrected chi connectivity index (χ3v) is 5.59. The molecule has 1 spiro atoms. The van der Waals surface area contributed by atoms with Crippen molar-refractivity contribution in [1.29, 1.82) is 0 Å². The number of aliphatic imine (C=N–C) groups is 1. The van der Waals surface area contributed by atoms with Crippen LogP contribution >= 0.6 is 0 Å². The molecule has 31 heavy (non-hydrogen) atoms. The van der Waals surface area contributed by atoms with E-state index in [2.05, 4.69) is 15.3 Å². The molecule has 0 bridgehead atoms. The van der Waals surface area contributed by atoms with Gasteiger partial charge < -0.3 is 11.1 Å². The predicted molar refractivity (Wildman–Crippen MR) is 99.7 cm³/mol. The average molecular weight is 442 g/mol. The quantitative estimate of drug-likeness (QED) is 0.684. The van der Waals surface area contributed by atoms with Crippen LogP contribution in [-0.2, 0) is 18.1 Å². The lowest BCUT2D eigenvalue weighted by Gasteiger charge is -2.50. The van der Waals surface area contributed by atoms with E-state index in [1.165, 1.54) is 18.2 Å². The second-order valence-corrected chi connectivity index (χ2v) is 7.87. The van der Waals surface area contributed by atoms with Gasteiger partial charge in [0, 0.05) is 18.3 Å². The summed E-state index contributed by atoms with van der Waals surface area (Å²) in [6.45, 7) is 0.944. The van der Waals surface area contributed by atoms with Crippen molar-refractivity contribution in [2.24, 2.45) is 10.7 Å². The molecular formula is C20H16F6N4O. The van der Waals surface area contributed by atoms with Crippen LogP contribution in [0.2, 0.25) is 0 Å². The summed E-state index contributed by atoms with van der Waals surface area (Å²) >= 11 is 0. The number of carbonyl (C=O) groups excluding carboxylic acids is 1. The van der Waals surface area contributed by atoms with E-state index in [0.717, 1.165) is 13.0 Å². The molecule has 3 N–H and O–H groups in total. The fraction of sp³-hybridized carbons (Fsp3) is 0.350. The molecule has 0 unspecified atom stereocenters. The molecule has 4 rings (SSSR count). The molecule has 1 aliphatic heterocycles. The van der Waals surface area contributed by atoms with Gasteiger partial charge in [0.05, 0.1) is 12.0 Å². The number of rotatable bonds is 2. The fourth-order valence-corrected chi connectivity index (χ4v) is 3.83. The van der Waals surface area contributed by atoms with E-state index in [1.807, 2.05) is 0 Å². The molecule has 2 heterocycles. The van der Waals surface area contributed by atoms with Crippen molar-refractivity contribution in [1.82, 2.24) is 4.98 Å². The van der Waals surface area contributed by atoms with Crippen LogP contribution in [0.15, 0.2) is 41.5 Å². The van der Waals surface area contributed by atoms with Gasteiger partial charge in [0.2, 0.25) is 0 Å². The highest BCUT2D eigenvalue weighted by molar-refractivity contribution is 6.03. The second kappa shape index (κ2) is 6.44. The van der Waals surface area contributed by atoms with E-state index in [0.29, 0.717) is 17.8 Å². The number of fused-ring (bicyclic) bond motifs is 2. The van der Waals surface area contributed by atoms with Crippen molar-refractivity contribution in [2.45, 2.75) is 43.1 Å². The zero-order valence-corrected chi connectivity index (χ0v) is 16.0. The SMILES string of the molecule is C[C@@]1(F)CC(F)(F)[C@]2(Cc3ccc(NC(=O)c4ccc(C(F)(F)F)cn4)cc32)N=C1N. The van der Waals surface area contributed by atoms with Gasteiger partial charge in [0.15, 0.2) is 11.2 Å². The van der Waals surface area contributed by atoms with E-state index in [4.69, 9.17) is 5.73 Å². The Labute approximate surface area is 172 Å². The number of halogens is 6. The van der Waals surface area contributed by atoms with Crippen LogP contribution in [-0.4, -0.2) is 28.3 Å². The smallest absolute Gasteiger partial charge is 0.385 e. The maximum atomic E-state index is 14.9. The summed E-state index contributed by atoms with van der Waals surface area (Å²) in [6, 6.07) is 5.88. The summed E-state index contributed by atoms with van der Waals surface area (Å²) in [4.78, 5) is 19.6. The highest BCUT2D eigenvalue weighted by atomic mass is 19.4. The lowest BCUT2D eigenvalue weighted by Crippen LogP contribution is -2.61. The van der Waals surface area contributed by atoms with Crippen LogP contribution in [0.5, 0.6) is 0 Å². The molecule has 2 atom stereocenters. The third kappa shape index (κ3) is 3.31. The minimum absolute atomic E-state index is 0.106. The van der Waals surface area contributed by atoms with Crippen molar-refractivity contribution >= 4 is 17.4 Å². The predicted octanol–water partition coefficient (Wildman–Crippen LogP) is 4.23. The Morgan fingerprint density at radius 3 is 2.48 bits per heavy atom. The van der Waals surface area contributed by atoms with Crippen LogP contribution in [0.4, 0.5) is 32.0 Å². The van der Waals surface area contributed by atoms with Gasteiger partial charge in [0.1, 0.15) is 11.5 Å². The van der Waals surface area contributed by atoms with Gasteiger partial charge in [-0.15, -0.1) is 0 Å². The van der Waals surface area contributed by atoms with Gasteiger partial charge >= 0.3 is 6.18 Å². The number of carbonyl (C=O) groups is 1. The summed E-state index contributed by atoms with van der Waals surface area (Å²) in [5.74, 6) is -4.85. The van der Waals surface area contributed by atoms with Crippen molar-refractivity contribution in [2.75, 3.05) is 5.32 Å². The topological polar surface area (TPSA) is 80.4 Å². The highest BCUT2D eigenvalue weighted by Crippen LogP contribution is 2.57. The molecule has 2 aromatic rings. The number of amidine groups is 1. The largest absolute Gasteiger partial charge is 0.417 e. The average Bonchev–Trinajstić information content (AvgIpc) is 2.64. The number of hydrogen-bond donors (Lipinski definition) is 2. The molecule has 0 radical (unpaired) electrons. The maximum Gasteiger partial charge on any atom is 0.417 e. The molecule has 0 saturated carbocycles. The van der Waals surface area contributed by atoms with Crippen LogP contribution < -0.4 is 11.1 Å². The van der Waals surface area contributed by atoms with Gasteiger partial charge in [-0.1, -0.05) is 6.07 Å². The molecule has 0 fully saturated rings. The van der Waals surface area contributed by atoms with Crippen LogP contribution in [0, 0.1) is 0 Å². The number of nitrogens with zero attached hydrogens (tertiary/aromatic N) is 2. The third-order valence-electron chi connectivity index (χ3n) is 5.59. The van der Waals surface area contributed by atoms with Crippen molar-refractivity contribution in [3.8, 4) is 0 Å². The van der Waals surface area contributed by atoms with Crippen molar-refractivity contribution in [3.63, 3.8) is 0 Å². The Balaban J connectivity index is 1.61. The molecular weight excluding hydrogens is 426 g/mol. The Morgan fingerprint density at radius 1 is 1.16 bits per heavy atom. The lowest BCUT2D eigenvalue weighted by molar-refractivity contribution is -0.137. The molecule has 11 heteroatoms. The van der Waals surface area contributed by atoms with E-state index < -0.39 is 47.0 Å². The molecule has 5 nitrogen and oxygen atoms in total. The second-order valence-electron chi connectivity index (χ2n) is 7.87. The van der Waals surface area contributed by atoms with Crippen LogP contribution in [0.1, 0.15) is 40.5 Å². The first-order valence-corrected chi connectivity index (χ1v) is 9.16. The number of alkyl halides is 6. The monoisotopic (exact) mass is 442 g/mol. The number of pyridine rings is 1. The minimum atomic E-state index is -4.60. The number of nitrogens with two attached hydrogens (primary N) is 1. The summed E-state index contributed by atoms with van der Waals surface area (Å²) < 4.78 is 81.9. The maximum absolute atomic E-state index is 14.9. The number of aromatic nitrogens is 1. The molecule has 0 saturated heterocycles. The first kappa shape index (κ1) is 21.1. The lowest BCUT2D eigenvalue weighted by atomic mass is 9.63. The zero-order valence-electron chi connectivity index (χ0n) is 16.0. The summed E-state index contributed by atoms with van der Waals surface area (Å²) in [6.07, 6.45) is -5.33. The van der Waals surface area contributed by atoms with Gasteiger partial charge in [0.25, 0.3) is 11.8 Å². The van der Waals surface area contributed by atoms with Gasteiger partial charge in [-0.05, 0) is 42.3 Å². The Morgan fingerprint density at radius 2 is 1.87 bits per heavy atom. The summed E-state index contributed by atoms with van der Waals surface area (Å²) in [7, 11) is 0. The number of benzene rings is 1. The fourth-order valence-electron chi connectivity index (χ4n) is 3.83. The Bertz CT molecular complexity index is 1090. The van der Waals surface area contributed by atoms with Gasteiger partial charge in [-0.3, -0.25) is 14.8 Å².